The van der Waals surface area contributed by atoms with Crippen molar-refractivity contribution in [2.45, 2.75) is 48.1 Å². The Morgan fingerprint density at radius 2 is 1.88 bits per heavy atom. The van der Waals surface area contributed by atoms with E-state index in [0.717, 1.165) is 36.1 Å². The molecule has 0 saturated heterocycles. The van der Waals surface area contributed by atoms with Gasteiger partial charge in [0.15, 0.2) is 0 Å². The summed E-state index contributed by atoms with van der Waals surface area (Å²) in [7, 11) is 0. The lowest BCUT2D eigenvalue weighted by molar-refractivity contribution is 0.102. The Bertz CT molecular complexity index is 806. The van der Waals surface area contributed by atoms with E-state index < -0.39 is 5.82 Å². The Morgan fingerprint density at radius 1 is 1.15 bits per heavy atom. The molecule has 2 aromatic rings. The summed E-state index contributed by atoms with van der Waals surface area (Å²) in [6.07, 6.45) is 4.29. The van der Waals surface area contributed by atoms with E-state index in [9.17, 15) is 9.18 Å². The molecule has 1 amide bonds. The highest BCUT2D eigenvalue weighted by atomic mass is 35.5. The summed E-state index contributed by atoms with van der Waals surface area (Å²) in [5.74, 6) is -0.746. The normalized spacial score (nSPS) is 20.0. The van der Waals surface area contributed by atoms with Crippen molar-refractivity contribution in [3.8, 4) is 0 Å². The number of aryl methyl sites for hydroxylation is 1. The van der Waals surface area contributed by atoms with Crippen molar-refractivity contribution in [3.05, 3.63) is 58.4 Å². The van der Waals surface area contributed by atoms with Crippen LogP contribution in [-0.2, 0) is 0 Å². The minimum Gasteiger partial charge on any atom is -0.322 e. The molecule has 1 aliphatic carbocycles. The van der Waals surface area contributed by atoms with Gasteiger partial charge in [-0.1, -0.05) is 17.7 Å². The molecule has 0 spiro atoms. The molecule has 0 atom stereocenters. The maximum atomic E-state index is 13.2. The molecule has 3 rings (SSSR count). The van der Waals surface area contributed by atoms with Crippen LogP contribution < -0.4 is 5.32 Å². The van der Waals surface area contributed by atoms with Gasteiger partial charge in [-0.2, -0.15) is 0 Å². The highest BCUT2D eigenvalue weighted by Gasteiger charge is 2.21. The van der Waals surface area contributed by atoms with E-state index in [1.165, 1.54) is 18.2 Å². The topological polar surface area (TPSA) is 29.1 Å². The van der Waals surface area contributed by atoms with Crippen molar-refractivity contribution in [1.29, 1.82) is 0 Å². The highest BCUT2D eigenvalue weighted by molar-refractivity contribution is 8.00. The first-order valence-corrected chi connectivity index (χ1v) is 10.3. The fraction of sp³-hybridized carbons (Fsp3) is 0.350. The van der Waals surface area contributed by atoms with E-state index in [1.807, 2.05) is 23.9 Å². The average molecular weight is 412 g/mol. The van der Waals surface area contributed by atoms with Gasteiger partial charge in [0.05, 0.1) is 5.02 Å². The van der Waals surface area contributed by atoms with Gasteiger partial charge in [-0.3, -0.25) is 4.79 Å². The lowest BCUT2D eigenvalue weighted by Gasteiger charge is -2.25. The molecule has 1 aliphatic rings. The lowest BCUT2D eigenvalue weighted by atomic mass is 10.00. The molecule has 0 bridgehead atoms. The molecule has 1 N–H and O–H groups in total. The number of rotatable bonds is 4. The number of benzene rings is 2. The Morgan fingerprint density at radius 3 is 2.58 bits per heavy atom. The third kappa shape index (κ3) is 4.93. The highest BCUT2D eigenvalue weighted by Crippen LogP contribution is 2.37. The standard InChI is InChI=1S/C20H20Cl2FNOS/c1-12-2-3-13(10-19(12)26-16-7-4-14(21)5-8-16)20(25)24-15-6-9-18(23)17(22)11-15/h2-3,6,9-11,14,16H,4-5,7-8H2,1H3,(H,24,25). The van der Waals surface area contributed by atoms with Gasteiger partial charge in [-0.25, -0.2) is 4.39 Å². The van der Waals surface area contributed by atoms with Gasteiger partial charge >= 0.3 is 0 Å². The van der Waals surface area contributed by atoms with E-state index in [1.54, 1.807) is 6.07 Å². The smallest absolute Gasteiger partial charge is 0.255 e. The van der Waals surface area contributed by atoms with Crippen molar-refractivity contribution in [1.82, 2.24) is 0 Å². The van der Waals surface area contributed by atoms with Crippen molar-refractivity contribution in [3.63, 3.8) is 0 Å². The number of alkyl halides is 1. The minimum absolute atomic E-state index is 0.0159. The number of nitrogens with one attached hydrogen (secondary N) is 1. The van der Waals surface area contributed by atoms with Gasteiger partial charge in [-0.15, -0.1) is 23.4 Å². The van der Waals surface area contributed by atoms with Crippen molar-refractivity contribution >= 4 is 46.6 Å². The van der Waals surface area contributed by atoms with Crippen LogP contribution in [0, 0.1) is 12.7 Å². The Kier molecular flexibility index (Phi) is 6.49. The first-order valence-electron chi connectivity index (χ1n) is 8.60. The van der Waals surface area contributed by atoms with Crippen molar-refractivity contribution < 1.29 is 9.18 Å². The van der Waals surface area contributed by atoms with Crippen molar-refractivity contribution in [2.24, 2.45) is 0 Å². The summed E-state index contributed by atoms with van der Waals surface area (Å²) in [6, 6.07) is 9.82. The van der Waals surface area contributed by atoms with Crippen LogP contribution in [0.25, 0.3) is 0 Å². The summed E-state index contributed by atoms with van der Waals surface area (Å²) in [5.41, 5.74) is 2.20. The Balaban J connectivity index is 1.71. The number of carbonyl (C=O) groups is 1. The zero-order valence-corrected chi connectivity index (χ0v) is 16.7. The van der Waals surface area contributed by atoms with E-state index >= 15 is 0 Å². The summed E-state index contributed by atoms with van der Waals surface area (Å²) in [4.78, 5) is 13.7. The first-order chi connectivity index (χ1) is 12.4. The molecule has 0 aliphatic heterocycles. The molecular weight excluding hydrogens is 392 g/mol. The van der Waals surface area contributed by atoms with Crippen LogP contribution in [0.3, 0.4) is 0 Å². The first kappa shape index (κ1) is 19.5. The number of halogens is 3. The minimum atomic E-state index is -0.509. The molecule has 2 nitrogen and oxygen atoms in total. The molecule has 2 aromatic carbocycles. The third-order valence-electron chi connectivity index (χ3n) is 4.53. The molecular formula is C20H20Cl2FNOS. The Hall–Kier alpha value is -1.23. The predicted molar refractivity (Wildman–Crippen MR) is 108 cm³/mol. The number of anilines is 1. The monoisotopic (exact) mass is 411 g/mol. The number of amides is 1. The molecule has 0 radical (unpaired) electrons. The maximum absolute atomic E-state index is 13.2. The Labute approximate surface area is 167 Å². The second-order valence-corrected chi connectivity index (χ2v) is 8.92. The van der Waals surface area contributed by atoms with Crippen LogP contribution in [0.1, 0.15) is 41.6 Å². The molecule has 26 heavy (non-hydrogen) atoms. The summed E-state index contributed by atoms with van der Waals surface area (Å²) < 4.78 is 13.2. The van der Waals surface area contributed by atoms with Crippen LogP contribution in [-0.4, -0.2) is 16.5 Å². The molecule has 0 unspecified atom stereocenters. The number of hydrogen-bond acceptors (Lipinski definition) is 2. The molecule has 0 heterocycles. The van der Waals surface area contributed by atoms with Crippen LogP contribution in [0.5, 0.6) is 0 Å². The van der Waals surface area contributed by atoms with Gasteiger partial charge in [0.2, 0.25) is 0 Å². The number of thioether (sulfide) groups is 1. The van der Waals surface area contributed by atoms with E-state index in [4.69, 9.17) is 23.2 Å². The summed E-state index contributed by atoms with van der Waals surface area (Å²) >= 11 is 13.8. The molecule has 138 valence electrons. The fourth-order valence-corrected chi connectivity index (χ4v) is 4.71. The van der Waals surface area contributed by atoms with E-state index in [0.29, 0.717) is 21.9 Å². The molecule has 0 aromatic heterocycles. The van der Waals surface area contributed by atoms with E-state index in [2.05, 4.69) is 12.2 Å². The second kappa shape index (κ2) is 8.64. The SMILES string of the molecule is Cc1ccc(C(=O)Nc2ccc(F)c(Cl)c2)cc1SC1CCC(Cl)CC1. The number of carbonyl (C=O) groups excluding carboxylic acids is 1. The number of hydrogen-bond donors (Lipinski definition) is 1. The third-order valence-corrected chi connectivity index (χ3v) is 6.75. The van der Waals surface area contributed by atoms with Crippen LogP contribution >= 0.6 is 35.0 Å². The second-order valence-electron chi connectivity index (χ2n) is 6.56. The van der Waals surface area contributed by atoms with Gasteiger partial charge in [-0.05, 0) is 68.5 Å². The largest absolute Gasteiger partial charge is 0.322 e. The summed E-state index contributed by atoms with van der Waals surface area (Å²) in [5, 5.41) is 3.59. The average Bonchev–Trinajstić information content (AvgIpc) is 2.62. The summed E-state index contributed by atoms with van der Waals surface area (Å²) in [6.45, 7) is 2.05. The predicted octanol–water partition coefficient (Wildman–Crippen LogP) is 6.68. The van der Waals surface area contributed by atoms with Crippen LogP contribution in [0.2, 0.25) is 5.02 Å². The van der Waals surface area contributed by atoms with Crippen LogP contribution in [0.4, 0.5) is 10.1 Å². The fourth-order valence-electron chi connectivity index (χ4n) is 2.97. The van der Waals surface area contributed by atoms with Crippen molar-refractivity contribution in [2.75, 3.05) is 5.32 Å². The molecule has 1 fully saturated rings. The van der Waals surface area contributed by atoms with Gasteiger partial charge in [0.25, 0.3) is 5.91 Å². The van der Waals surface area contributed by atoms with E-state index in [-0.39, 0.29) is 10.9 Å². The zero-order valence-electron chi connectivity index (χ0n) is 14.4. The van der Waals surface area contributed by atoms with Gasteiger partial charge in [0.1, 0.15) is 5.82 Å². The van der Waals surface area contributed by atoms with Gasteiger partial charge in [0, 0.05) is 26.8 Å². The maximum Gasteiger partial charge on any atom is 0.255 e. The zero-order chi connectivity index (χ0) is 18.7. The lowest BCUT2D eigenvalue weighted by Crippen LogP contribution is -2.16. The molecule has 1 saturated carbocycles. The molecule has 6 heteroatoms. The van der Waals surface area contributed by atoms with Gasteiger partial charge < -0.3 is 5.32 Å². The quantitative estimate of drug-likeness (QED) is 0.568. The van der Waals surface area contributed by atoms with Crippen LogP contribution in [0.15, 0.2) is 41.3 Å².